The van der Waals surface area contributed by atoms with Crippen molar-refractivity contribution in [2.45, 2.75) is 91.0 Å². The molecule has 1 aliphatic rings. The van der Waals surface area contributed by atoms with Gasteiger partial charge in [-0.05, 0) is 44.9 Å². The van der Waals surface area contributed by atoms with Gasteiger partial charge in [0, 0.05) is 0 Å². The average molecular weight is 271 g/mol. The van der Waals surface area contributed by atoms with E-state index < -0.39 is 0 Å². The van der Waals surface area contributed by atoms with E-state index >= 15 is 0 Å². The van der Waals surface area contributed by atoms with Crippen LogP contribution in [0.1, 0.15) is 85.0 Å². The highest BCUT2D eigenvalue weighted by atomic mass is 16.0. The quantitative estimate of drug-likeness (QED) is 0.516. The van der Waals surface area contributed by atoms with Gasteiger partial charge in [-0.1, -0.05) is 40.0 Å². The summed E-state index contributed by atoms with van der Waals surface area (Å²) in [4.78, 5) is 0. The molecule has 1 N–H and O–H groups in total. The lowest BCUT2D eigenvalue weighted by atomic mass is 10.1. The van der Waals surface area contributed by atoms with Crippen LogP contribution in [0.3, 0.4) is 0 Å². The van der Waals surface area contributed by atoms with E-state index in [0.717, 1.165) is 6.04 Å². The van der Waals surface area contributed by atoms with Crippen LogP contribution in [0.25, 0.3) is 0 Å². The van der Waals surface area contributed by atoms with Crippen LogP contribution in [0, 0.1) is 0 Å². The molecule has 1 aliphatic carbocycles. The maximum Gasteiger partial charge on any atom is 0.0890 e. The summed E-state index contributed by atoms with van der Waals surface area (Å²) in [5.74, 6) is 0. The summed E-state index contributed by atoms with van der Waals surface area (Å²) in [7, 11) is 0. The van der Waals surface area contributed by atoms with Crippen LogP contribution >= 0.6 is 0 Å². The second-order valence-electron chi connectivity index (χ2n) is 6.39. The molecule has 0 bridgehead atoms. The van der Waals surface area contributed by atoms with Gasteiger partial charge in [0.05, 0.1) is 25.7 Å². The van der Waals surface area contributed by atoms with E-state index in [4.69, 9.17) is 0 Å². The topological polar surface area (TPSA) is 30.0 Å². The van der Waals surface area contributed by atoms with Crippen molar-refractivity contribution >= 4 is 0 Å². The summed E-state index contributed by atoms with van der Waals surface area (Å²) in [5, 5.41) is 0. The molecule has 0 spiro atoms. The number of unbranched alkanes of at least 4 members (excludes halogenated alkanes) is 3. The Kier molecular flexibility index (Phi) is 10.6. The van der Waals surface area contributed by atoms with E-state index in [1.54, 1.807) is 0 Å². The molecule has 19 heavy (non-hydrogen) atoms. The van der Waals surface area contributed by atoms with Gasteiger partial charge in [-0.3, -0.25) is 0 Å². The molecule has 0 heterocycles. The first-order valence-corrected chi connectivity index (χ1v) is 8.64. The zero-order valence-corrected chi connectivity index (χ0v) is 13.7. The van der Waals surface area contributed by atoms with Crippen molar-refractivity contribution in [1.29, 1.82) is 0 Å². The van der Waals surface area contributed by atoms with Gasteiger partial charge >= 0.3 is 0 Å². The molecule has 1 rings (SSSR count). The van der Waals surface area contributed by atoms with Crippen LogP contribution < -0.4 is 0 Å². The molecule has 0 aromatic rings. The molecule has 2 nitrogen and oxygen atoms in total. The Morgan fingerprint density at radius 2 is 1.11 bits per heavy atom. The summed E-state index contributed by atoms with van der Waals surface area (Å²) in [6, 6.07) is 1.01. The molecule has 0 aromatic heterocycles. The second kappa shape index (κ2) is 10.7. The molecule has 116 valence electrons. The summed E-state index contributed by atoms with van der Waals surface area (Å²) in [5.41, 5.74) is 0. The average Bonchev–Trinajstić information content (AvgIpc) is 2.93. The van der Waals surface area contributed by atoms with Gasteiger partial charge in [0.2, 0.25) is 0 Å². The monoisotopic (exact) mass is 271 g/mol. The number of hydrogen-bond donors (Lipinski definition) is 0. The van der Waals surface area contributed by atoms with Crippen LogP contribution in [-0.2, 0) is 0 Å². The lowest BCUT2D eigenvalue weighted by Gasteiger charge is -2.44. The maximum absolute atomic E-state index is 2.35. The zero-order chi connectivity index (χ0) is 13.3. The summed E-state index contributed by atoms with van der Waals surface area (Å²) < 4.78 is 1.48. The minimum absolute atomic E-state index is 0. The molecule has 0 aliphatic heterocycles. The molecule has 0 unspecified atom stereocenters. The normalized spacial score (nSPS) is 16.6. The lowest BCUT2D eigenvalue weighted by molar-refractivity contribution is -0.951. The van der Waals surface area contributed by atoms with E-state index in [2.05, 4.69) is 20.8 Å². The molecule has 1 fully saturated rings. The Morgan fingerprint density at radius 1 is 0.737 bits per heavy atom. The lowest BCUT2D eigenvalue weighted by Crippen LogP contribution is -2.56. The van der Waals surface area contributed by atoms with Gasteiger partial charge in [-0.2, -0.15) is 0 Å². The van der Waals surface area contributed by atoms with Gasteiger partial charge in [0.1, 0.15) is 0 Å². The van der Waals surface area contributed by atoms with Gasteiger partial charge < -0.3 is 9.96 Å². The highest BCUT2D eigenvalue weighted by Gasteiger charge is 2.36. The van der Waals surface area contributed by atoms with Crippen molar-refractivity contribution in [2.24, 2.45) is 0 Å². The third-order valence-electron chi connectivity index (χ3n) is 4.97. The largest absolute Gasteiger partial charge is 0.870 e. The minimum Gasteiger partial charge on any atom is -0.870 e. The molecular weight excluding hydrogens is 234 g/mol. The van der Waals surface area contributed by atoms with E-state index in [9.17, 15) is 0 Å². The Balaban J connectivity index is 0.00000324. The molecule has 0 radical (unpaired) electrons. The van der Waals surface area contributed by atoms with Crippen LogP contribution in [-0.4, -0.2) is 35.6 Å². The highest BCUT2D eigenvalue weighted by Crippen LogP contribution is 2.31. The number of quaternary nitrogens is 1. The van der Waals surface area contributed by atoms with E-state index in [0.29, 0.717) is 0 Å². The first-order valence-electron chi connectivity index (χ1n) is 8.64. The minimum atomic E-state index is 0. The maximum atomic E-state index is 2.35. The number of nitrogens with zero attached hydrogens (tertiary/aromatic N) is 1. The standard InChI is InChI=1S/C17H36N.H2O/c1-4-7-14-18(15-8-5-2,16-9-6-3)17-12-10-11-13-17;/h17H,4-16H2,1-3H3;1H2/q+1;/p-1. The molecule has 0 aromatic carbocycles. The second-order valence-corrected chi connectivity index (χ2v) is 6.39. The van der Waals surface area contributed by atoms with Crippen molar-refractivity contribution < 1.29 is 9.96 Å². The smallest absolute Gasteiger partial charge is 0.0890 e. The SMILES string of the molecule is CCCC[N+](CCCC)(CCCC)C1CCCC1.[OH-]. The fraction of sp³-hybridized carbons (Fsp3) is 1.00. The van der Waals surface area contributed by atoms with Gasteiger partial charge in [0.25, 0.3) is 0 Å². The summed E-state index contributed by atoms with van der Waals surface area (Å²) in [6.07, 6.45) is 14.4. The Labute approximate surface area is 121 Å². The third kappa shape index (κ3) is 5.83. The fourth-order valence-electron chi connectivity index (χ4n) is 3.75. The van der Waals surface area contributed by atoms with E-state index in [-0.39, 0.29) is 5.48 Å². The van der Waals surface area contributed by atoms with Crippen LogP contribution in [0.4, 0.5) is 0 Å². The van der Waals surface area contributed by atoms with Crippen LogP contribution in [0.2, 0.25) is 0 Å². The first-order chi connectivity index (χ1) is 8.79. The molecule has 0 atom stereocenters. The van der Waals surface area contributed by atoms with Crippen LogP contribution in [0.15, 0.2) is 0 Å². The van der Waals surface area contributed by atoms with E-state index in [1.165, 1.54) is 88.3 Å². The van der Waals surface area contributed by atoms with Crippen molar-refractivity contribution in [3.05, 3.63) is 0 Å². The van der Waals surface area contributed by atoms with Gasteiger partial charge in [-0.15, -0.1) is 0 Å². The third-order valence-corrected chi connectivity index (χ3v) is 4.97. The van der Waals surface area contributed by atoms with Crippen molar-refractivity contribution in [3.63, 3.8) is 0 Å². The predicted octanol–water partition coefficient (Wildman–Crippen LogP) is 4.97. The molecule has 0 saturated heterocycles. The Morgan fingerprint density at radius 3 is 1.42 bits per heavy atom. The zero-order valence-electron chi connectivity index (χ0n) is 13.7. The molecule has 0 amide bonds. The van der Waals surface area contributed by atoms with Gasteiger partial charge in [0.15, 0.2) is 0 Å². The van der Waals surface area contributed by atoms with Crippen molar-refractivity contribution in [2.75, 3.05) is 19.6 Å². The molecular formula is C17H37NO. The molecule has 1 saturated carbocycles. The van der Waals surface area contributed by atoms with Crippen LogP contribution in [0.5, 0.6) is 0 Å². The van der Waals surface area contributed by atoms with E-state index in [1.807, 2.05) is 0 Å². The fourth-order valence-corrected chi connectivity index (χ4v) is 3.75. The molecule has 2 heteroatoms. The van der Waals surface area contributed by atoms with Gasteiger partial charge in [-0.25, -0.2) is 0 Å². The highest BCUT2D eigenvalue weighted by molar-refractivity contribution is 4.70. The number of hydrogen-bond acceptors (Lipinski definition) is 1. The Bertz CT molecular complexity index is 178. The predicted molar refractivity (Wildman–Crippen MR) is 83.8 cm³/mol. The summed E-state index contributed by atoms with van der Waals surface area (Å²) >= 11 is 0. The van der Waals surface area contributed by atoms with Crippen molar-refractivity contribution in [1.82, 2.24) is 0 Å². The first kappa shape index (κ1) is 18.9. The number of rotatable bonds is 10. The van der Waals surface area contributed by atoms with Crippen molar-refractivity contribution in [3.8, 4) is 0 Å². The summed E-state index contributed by atoms with van der Waals surface area (Å²) in [6.45, 7) is 11.4. The Hall–Kier alpha value is -0.0800.